The van der Waals surface area contributed by atoms with Crippen molar-refractivity contribution >= 4 is 41.5 Å². The van der Waals surface area contributed by atoms with Crippen LogP contribution in [0, 0.1) is 6.92 Å². The molecule has 1 aliphatic rings. The molecular formula is C19H28ClN7O. The molecule has 1 amide bonds. The maximum atomic E-state index is 11.9. The number of likely N-dealkylation sites (N-methyl/N-ethyl adjacent to an activating group) is 1. The SMILES string of the molecule is CNC(=O)c1cnc(Nc2ccc(N3CCN(C)CC3)c(C)c2)nc1NC.Cl. The summed E-state index contributed by atoms with van der Waals surface area (Å²) in [6.07, 6.45) is 1.52. The predicted octanol–water partition coefficient (Wildman–Crippen LogP) is 2.10. The molecule has 0 saturated carbocycles. The van der Waals surface area contributed by atoms with Crippen LogP contribution in [0.4, 0.5) is 23.1 Å². The molecule has 1 aliphatic heterocycles. The zero-order chi connectivity index (χ0) is 19.4. The van der Waals surface area contributed by atoms with E-state index in [4.69, 9.17) is 0 Å². The molecular weight excluding hydrogens is 378 g/mol. The van der Waals surface area contributed by atoms with Crippen LogP contribution in [-0.4, -0.2) is 68.1 Å². The Kier molecular flexibility index (Phi) is 7.42. The zero-order valence-electron chi connectivity index (χ0n) is 16.7. The van der Waals surface area contributed by atoms with Gasteiger partial charge in [-0.05, 0) is 37.7 Å². The summed E-state index contributed by atoms with van der Waals surface area (Å²) >= 11 is 0. The van der Waals surface area contributed by atoms with E-state index in [1.54, 1.807) is 14.1 Å². The van der Waals surface area contributed by atoms with Gasteiger partial charge in [0.1, 0.15) is 11.4 Å². The molecule has 28 heavy (non-hydrogen) atoms. The largest absolute Gasteiger partial charge is 0.372 e. The highest BCUT2D eigenvalue weighted by molar-refractivity contribution is 5.98. The van der Waals surface area contributed by atoms with Crippen molar-refractivity contribution in [3.05, 3.63) is 35.5 Å². The molecule has 0 aliphatic carbocycles. The van der Waals surface area contributed by atoms with Crippen LogP contribution < -0.4 is 20.9 Å². The molecule has 0 spiro atoms. The van der Waals surface area contributed by atoms with Gasteiger partial charge in [-0.2, -0.15) is 4.98 Å². The number of anilines is 4. The predicted molar refractivity (Wildman–Crippen MR) is 116 cm³/mol. The zero-order valence-corrected chi connectivity index (χ0v) is 17.6. The standard InChI is InChI=1S/C19H27N7O.ClH/c1-13-11-14(5-6-16(13)26-9-7-25(4)8-10-26)23-19-22-12-15(18(27)21-3)17(20-2)24-19;/h5-6,11-12H,7-10H2,1-4H3,(H,21,27)(H2,20,22,23,24);1H. The van der Waals surface area contributed by atoms with Gasteiger partial charge in [0.25, 0.3) is 5.91 Å². The van der Waals surface area contributed by atoms with Gasteiger partial charge in [-0.15, -0.1) is 12.4 Å². The van der Waals surface area contributed by atoms with Gasteiger partial charge in [0, 0.05) is 57.8 Å². The lowest BCUT2D eigenvalue weighted by molar-refractivity contribution is 0.0963. The van der Waals surface area contributed by atoms with E-state index in [0.29, 0.717) is 17.3 Å². The maximum Gasteiger partial charge on any atom is 0.256 e. The van der Waals surface area contributed by atoms with Crippen LogP contribution in [0.1, 0.15) is 15.9 Å². The molecule has 1 aromatic carbocycles. The van der Waals surface area contributed by atoms with Crippen molar-refractivity contribution in [2.24, 2.45) is 0 Å². The van der Waals surface area contributed by atoms with Crippen LogP contribution >= 0.6 is 12.4 Å². The Morgan fingerprint density at radius 2 is 1.86 bits per heavy atom. The molecule has 0 bridgehead atoms. The molecule has 0 radical (unpaired) electrons. The molecule has 1 saturated heterocycles. The third-order valence-corrected chi connectivity index (χ3v) is 4.79. The van der Waals surface area contributed by atoms with Crippen LogP contribution in [0.3, 0.4) is 0 Å². The van der Waals surface area contributed by atoms with E-state index in [-0.39, 0.29) is 18.3 Å². The minimum Gasteiger partial charge on any atom is -0.372 e. The van der Waals surface area contributed by atoms with E-state index >= 15 is 0 Å². The van der Waals surface area contributed by atoms with Crippen LogP contribution in [0.5, 0.6) is 0 Å². The van der Waals surface area contributed by atoms with E-state index in [0.717, 1.165) is 31.9 Å². The summed E-state index contributed by atoms with van der Waals surface area (Å²) in [6.45, 7) is 6.36. The number of piperazine rings is 1. The van der Waals surface area contributed by atoms with Crippen molar-refractivity contribution < 1.29 is 4.79 Å². The Balaban J connectivity index is 0.00000280. The molecule has 0 atom stereocenters. The molecule has 1 fully saturated rings. The fraction of sp³-hybridized carbons (Fsp3) is 0.421. The van der Waals surface area contributed by atoms with Gasteiger partial charge >= 0.3 is 0 Å². The van der Waals surface area contributed by atoms with Crippen molar-refractivity contribution in [1.29, 1.82) is 0 Å². The van der Waals surface area contributed by atoms with Gasteiger partial charge in [-0.1, -0.05) is 0 Å². The first-order chi connectivity index (χ1) is 13.0. The second-order valence-electron chi connectivity index (χ2n) is 6.70. The van der Waals surface area contributed by atoms with E-state index < -0.39 is 0 Å². The average Bonchev–Trinajstić information content (AvgIpc) is 2.68. The fourth-order valence-electron chi connectivity index (χ4n) is 3.20. The molecule has 0 unspecified atom stereocenters. The van der Waals surface area contributed by atoms with E-state index in [2.05, 4.69) is 61.8 Å². The number of aromatic nitrogens is 2. The van der Waals surface area contributed by atoms with Crippen LogP contribution in [-0.2, 0) is 0 Å². The number of carbonyl (C=O) groups excluding carboxylic acids is 1. The lowest BCUT2D eigenvalue weighted by Gasteiger charge is -2.35. The average molecular weight is 406 g/mol. The van der Waals surface area contributed by atoms with Crippen molar-refractivity contribution in [1.82, 2.24) is 20.2 Å². The summed E-state index contributed by atoms with van der Waals surface area (Å²) in [5.41, 5.74) is 3.80. The fourth-order valence-corrected chi connectivity index (χ4v) is 3.20. The Labute approximate surface area is 172 Å². The van der Waals surface area contributed by atoms with Gasteiger partial charge in [-0.25, -0.2) is 4.98 Å². The van der Waals surface area contributed by atoms with E-state index in [1.165, 1.54) is 17.4 Å². The third kappa shape index (κ3) is 4.82. The summed E-state index contributed by atoms with van der Waals surface area (Å²) in [5, 5.41) is 8.75. The number of hydrogen-bond acceptors (Lipinski definition) is 7. The highest BCUT2D eigenvalue weighted by Crippen LogP contribution is 2.26. The summed E-state index contributed by atoms with van der Waals surface area (Å²) in [7, 11) is 5.47. The first kappa shape index (κ1) is 21.7. The van der Waals surface area contributed by atoms with Crippen LogP contribution in [0.15, 0.2) is 24.4 Å². The number of aryl methyl sites for hydroxylation is 1. The number of nitrogens with one attached hydrogen (secondary N) is 3. The molecule has 9 heteroatoms. The molecule has 152 valence electrons. The summed E-state index contributed by atoms with van der Waals surface area (Å²) in [6, 6.07) is 6.28. The number of rotatable bonds is 5. The Bertz CT molecular complexity index is 822. The lowest BCUT2D eigenvalue weighted by Crippen LogP contribution is -2.44. The summed E-state index contributed by atoms with van der Waals surface area (Å²) < 4.78 is 0. The lowest BCUT2D eigenvalue weighted by atomic mass is 10.1. The summed E-state index contributed by atoms with van der Waals surface area (Å²) in [5.74, 6) is 0.703. The monoisotopic (exact) mass is 405 g/mol. The normalized spacial score (nSPS) is 14.2. The Morgan fingerprint density at radius 3 is 2.46 bits per heavy atom. The molecule has 2 aromatic rings. The number of hydrogen-bond donors (Lipinski definition) is 3. The van der Waals surface area contributed by atoms with Gasteiger partial charge in [-0.3, -0.25) is 4.79 Å². The minimum absolute atomic E-state index is 0. The van der Waals surface area contributed by atoms with Crippen molar-refractivity contribution in [2.45, 2.75) is 6.92 Å². The number of halogens is 1. The van der Waals surface area contributed by atoms with Crippen molar-refractivity contribution in [3.63, 3.8) is 0 Å². The number of nitrogens with zero attached hydrogens (tertiary/aromatic N) is 4. The van der Waals surface area contributed by atoms with Gasteiger partial charge in [0.15, 0.2) is 0 Å². The van der Waals surface area contributed by atoms with Gasteiger partial charge < -0.3 is 25.8 Å². The second kappa shape index (κ2) is 9.57. The highest BCUT2D eigenvalue weighted by Gasteiger charge is 2.16. The third-order valence-electron chi connectivity index (χ3n) is 4.79. The maximum absolute atomic E-state index is 11.9. The Hall–Kier alpha value is -2.58. The molecule has 8 nitrogen and oxygen atoms in total. The quantitative estimate of drug-likeness (QED) is 0.702. The molecule has 3 N–H and O–H groups in total. The smallest absolute Gasteiger partial charge is 0.256 e. The molecule has 3 rings (SSSR count). The van der Waals surface area contributed by atoms with E-state index in [1.807, 2.05) is 6.07 Å². The number of amides is 1. The highest BCUT2D eigenvalue weighted by atomic mass is 35.5. The topological polar surface area (TPSA) is 85.4 Å². The number of carbonyl (C=O) groups is 1. The van der Waals surface area contributed by atoms with Crippen molar-refractivity contribution in [2.75, 3.05) is 62.9 Å². The summed E-state index contributed by atoms with van der Waals surface area (Å²) in [4.78, 5) is 25.3. The molecule has 2 heterocycles. The molecule has 1 aromatic heterocycles. The first-order valence-corrected chi connectivity index (χ1v) is 9.10. The first-order valence-electron chi connectivity index (χ1n) is 9.10. The van der Waals surface area contributed by atoms with E-state index in [9.17, 15) is 4.79 Å². The van der Waals surface area contributed by atoms with Gasteiger partial charge in [0.2, 0.25) is 5.95 Å². The number of benzene rings is 1. The second-order valence-corrected chi connectivity index (χ2v) is 6.70. The Morgan fingerprint density at radius 1 is 1.14 bits per heavy atom. The van der Waals surface area contributed by atoms with Gasteiger partial charge in [0.05, 0.1) is 0 Å². The van der Waals surface area contributed by atoms with Crippen LogP contribution in [0.2, 0.25) is 0 Å². The van der Waals surface area contributed by atoms with Crippen LogP contribution in [0.25, 0.3) is 0 Å². The minimum atomic E-state index is -0.224. The van der Waals surface area contributed by atoms with Crippen molar-refractivity contribution in [3.8, 4) is 0 Å².